The summed E-state index contributed by atoms with van der Waals surface area (Å²) in [4.78, 5) is 2.72. The zero-order valence-electron chi connectivity index (χ0n) is 19.9. The van der Waals surface area contributed by atoms with E-state index in [0.29, 0.717) is 20.6 Å². The lowest BCUT2D eigenvalue weighted by Crippen LogP contribution is -2.38. The molecule has 0 fully saturated rings. The van der Waals surface area contributed by atoms with Gasteiger partial charge in [0.1, 0.15) is 0 Å². The van der Waals surface area contributed by atoms with Crippen LogP contribution in [0.15, 0.2) is 0 Å². The van der Waals surface area contributed by atoms with E-state index in [4.69, 9.17) is 0 Å². The van der Waals surface area contributed by atoms with Gasteiger partial charge in [0.25, 0.3) is 0 Å². The molecule has 0 N–H and O–H groups in total. The van der Waals surface area contributed by atoms with Gasteiger partial charge in [0.2, 0.25) is 0 Å². The van der Waals surface area contributed by atoms with Gasteiger partial charge < -0.3 is 4.81 Å². The zero-order chi connectivity index (χ0) is 20.3. The molecule has 0 saturated carbocycles. The topological polar surface area (TPSA) is 3.24 Å². The summed E-state index contributed by atoms with van der Waals surface area (Å²) in [5.41, 5.74) is 0. The van der Waals surface area contributed by atoms with Crippen LogP contribution in [0.4, 0.5) is 0 Å². The summed E-state index contributed by atoms with van der Waals surface area (Å²) < 4.78 is 0. The predicted molar refractivity (Wildman–Crippen MR) is 130 cm³/mol. The molecule has 0 aromatic heterocycles. The highest BCUT2D eigenvalue weighted by molar-refractivity contribution is 7.61. The Kier molecular flexibility index (Phi) is 9.79. The molecule has 0 bridgehead atoms. The molecule has 0 spiro atoms. The summed E-state index contributed by atoms with van der Waals surface area (Å²) in [5.74, 6) is 0. The van der Waals surface area contributed by atoms with Crippen molar-refractivity contribution in [2.24, 2.45) is 0 Å². The molecule has 0 atom stereocenters. The van der Waals surface area contributed by atoms with Crippen molar-refractivity contribution in [1.29, 1.82) is 0 Å². The fourth-order valence-electron chi connectivity index (χ4n) is 4.26. The Hall–Kier alpha value is 0.950. The number of hydrogen-bond donors (Lipinski definition) is 0. The van der Waals surface area contributed by atoms with Crippen LogP contribution in [-0.2, 0) is 0 Å². The third-order valence-electron chi connectivity index (χ3n) is 4.97. The molecule has 0 radical (unpaired) electrons. The van der Waals surface area contributed by atoms with Crippen LogP contribution in [0.25, 0.3) is 0 Å². The van der Waals surface area contributed by atoms with Crippen molar-refractivity contribution >= 4 is 30.9 Å². The zero-order valence-corrected chi connectivity index (χ0v) is 21.7. The van der Waals surface area contributed by atoms with Crippen LogP contribution in [0.3, 0.4) is 0 Å². The second kappa shape index (κ2) is 9.43. The molecule has 0 aliphatic carbocycles. The average molecular weight is 385 g/mol. The molecule has 25 heavy (non-hydrogen) atoms. The summed E-state index contributed by atoms with van der Waals surface area (Å²) in [7, 11) is 3.55. The monoisotopic (exact) mass is 385 g/mol. The van der Waals surface area contributed by atoms with Gasteiger partial charge in [-0.2, -0.15) is 0 Å². The molecule has 0 rings (SSSR count). The van der Waals surface area contributed by atoms with Crippen LogP contribution in [0.1, 0.15) is 83.1 Å². The van der Waals surface area contributed by atoms with Crippen molar-refractivity contribution in [2.75, 3.05) is 25.4 Å². The first-order valence-electron chi connectivity index (χ1n) is 10.2. The van der Waals surface area contributed by atoms with E-state index in [1.54, 1.807) is 0 Å². The summed E-state index contributed by atoms with van der Waals surface area (Å²) >= 11 is 0. The molecule has 0 heterocycles. The van der Waals surface area contributed by atoms with Gasteiger partial charge in [0.05, 0.1) is 7.74 Å². The minimum atomic E-state index is 0.0114. The van der Waals surface area contributed by atoms with Crippen LogP contribution < -0.4 is 0 Å². The maximum atomic E-state index is 2.72. The van der Waals surface area contributed by atoms with Gasteiger partial charge in [-0.1, -0.05) is 98.9 Å². The van der Waals surface area contributed by atoms with Gasteiger partial charge in [-0.15, -0.1) is 0 Å². The van der Waals surface area contributed by atoms with E-state index < -0.39 is 0 Å². The number of rotatable bonds is 7. The summed E-state index contributed by atoms with van der Waals surface area (Å²) in [5, 5.41) is 1.76. The van der Waals surface area contributed by atoms with Crippen LogP contribution in [0.5, 0.6) is 0 Å². The van der Waals surface area contributed by atoms with Crippen LogP contribution in [-0.4, -0.2) is 65.9 Å². The Morgan fingerprint density at radius 3 is 1.00 bits per heavy atom. The van der Waals surface area contributed by atoms with Crippen molar-refractivity contribution in [3.05, 3.63) is 0 Å². The van der Waals surface area contributed by atoms with E-state index in [9.17, 15) is 0 Å². The van der Waals surface area contributed by atoms with Crippen LogP contribution in [0.2, 0.25) is 0 Å². The minimum absolute atomic E-state index is 0.0114. The Balaban J connectivity index is 4.91. The highest BCUT2D eigenvalue weighted by Crippen LogP contribution is 2.60. The van der Waals surface area contributed by atoms with Crippen molar-refractivity contribution in [3.63, 3.8) is 0 Å². The standard InChI is InChI=1S/C20H47B2NP2/c1-17(2,3)24(18(4,5)6)15-13-23(22-21)14-16-25(19(7,8)9)20(10,11)12/h22H,13-16,21H2,1-12H3. The van der Waals surface area contributed by atoms with E-state index in [1.165, 1.54) is 32.7 Å². The molecule has 0 aliphatic rings. The minimum Gasteiger partial charge on any atom is -0.352 e. The first kappa shape index (κ1) is 25.9. The fraction of sp³-hybridized carbons (Fsp3) is 1.00. The predicted octanol–water partition coefficient (Wildman–Crippen LogP) is 5.35. The third-order valence-corrected chi connectivity index (χ3v) is 12.7. The van der Waals surface area contributed by atoms with Crippen molar-refractivity contribution < 1.29 is 0 Å². The van der Waals surface area contributed by atoms with E-state index in [0.717, 1.165) is 0 Å². The van der Waals surface area contributed by atoms with Gasteiger partial charge in [0, 0.05) is 0 Å². The molecule has 148 valence electrons. The molecule has 0 aromatic rings. The maximum absolute atomic E-state index is 2.72. The molecule has 5 heteroatoms. The van der Waals surface area contributed by atoms with Gasteiger partial charge in [0.15, 0.2) is 7.31 Å². The van der Waals surface area contributed by atoms with E-state index in [-0.39, 0.29) is 15.8 Å². The second-order valence-electron chi connectivity index (χ2n) is 11.4. The lowest BCUT2D eigenvalue weighted by atomic mass is 9.65. The Bertz CT molecular complexity index is 322. The number of hydrogen-bond acceptors (Lipinski definition) is 1. The smallest absolute Gasteiger partial charge is 0.161 e. The van der Waals surface area contributed by atoms with Crippen molar-refractivity contribution in [1.82, 2.24) is 4.81 Å². The van der Waals surface area contributed by atoms with Crippen molar-refractivity contribution in [2.45, 2.75) is 104 Å². The molecule has 0 amide bonds. The fourth-order valence-corrected chi connectivity index (χ4v) is 11.9. The average Bonchev–Trinajstić information content (AvgIpc) is 2.30. The van der Waals surface area contributed by atoms with E-state index in [2.05, 4.69) is 95.6 Å². The lowest BCUT2D eigenvalue weighted by Gasteiger charge is -2.44. The molecule has 0 aromatic carbocycles. The van der Waals surface area contributed by atoms with Crippen LogP contribution in [0, 0.1) is 0 Å². The first-order chi connectivity index (χ1) is 10.9. The highest BCUT2D eigenvalue weighted by Gasteiger charge is 2.35. The SMILES string of the molecule is BBN(CCP(C(C)(C)C)C(C)(C)C)CCP(C(C)(C)C)C(C)(C)C. The quantitative estimate of drug-likeness (QED) is 0.422. The molecule has 0 unspecified atom stereocenters. The van der Waals surface area contributed by atoms with Gasteiger partial charge >= 0.3 is 0 Å². The van der Waals surface area contributed by atoms with E-state index in [1.807, 2.05) is 0 Å². The summed E-state index contributed by atoms with van der Waals surface area (Å²) in [6, 6.07) is 0. The van der Waals surface area contributed by atoms with E-state index >= 15 is 0 Å². The van der Waals surface area contributed by atoms with Crippen LogP contribution >= 0.6 is 15.8 Å². The normalized spacial score (nSPS) is 14.7. The van der Waals surface area contributed by atoms with Gasteiger partial charge in [-0.25, -0.2) is 0 Å². The Morgan fingerprint density at radius 1 is 0.600 bits per heavy atom. The lowest BCUT2D eigenvalue weighted by molar-refractivity contribution is 0.500. The van der Waals surface area contributed by atoms with Gasteiger partial charge in [-0.3, -0.25) is 0 Å². The maximum Gasteiger partial charge on any atom is 0.161 e. The third kappa shape index (κ3) is 9.63. The summed E-state index contributed by atoms with van der Waals surface area (Å²) in [6.07, 6.45) is 2.75. The molecule has 0 aliphatic heterocycles. The van der Waals surface area contributed by atoms with Gasteiger partial charge in [-0.05, 0) is 46.0 Å². The number of nitrogens with zero attached hydrogens (tertiary/aromatic N) is 1. The van der Waals surface area contributed by atoms with Crippen molar-refractivity contribution in [3.8, 4) is 0 Å². The highest BCUT2D eigenvalue weighted by atomic mass is 31.1. The Labute approximate surface area is 165 Å². The summed E-state index contributed by atoms with van der Waals surface area (Å²) in [6.45, 7) is 31.9. The molecular formula is C20H47B2NP2. The molecular weight excluding hydrogens is 338 g/mol. The molecule has 0 saturated heterocycles. The first-order valence-corrected chi connectivity index (χ1v) is 13.2. The molecule has 1 nitrogen and oxygen atoms in total. The second-order valence-corrected chi connectivity index (χ2v) is 19.4. The largest absolute Gasteiger partial charge is 0.352 e. The Morgan fingerprint density at radius 2 is 0.840 bits per heavy atom.